The summed E-state index contributed by atoms with van der Waals surface area (Å²) in [6, 6.07) is 8.11. The van der Waals surface area contributed by atoms with Crippen molar-refractivity contribution in [3.05, 3.63) is 33.4 Å². The highest BCUT2D eigenvalue weighted by atomic mass is 127. The van der Waals surface area contributed by atoms with Gasteiger partial charge in [0.15, 0.2) is 0 Å². The van der Waals surface area contributed by atoms with Crippen LogP contribution in [0.25, 0.3) is 0 Å². The normalized spacial score (nSPS) is 23.4. The summed E-state index contributed by atoms with van der Waals surface area (Å²) in [7, 11) is 0. The molecular weight excluding hydrogens is 345 g/mol. The maximum atomic E-state index is 10.7. The third-order valence-electron chi connectivity index (χ3n) is 3.31. The van der Waals surface area contributed by atoms with E-state index in [1.807, 2.05) is 18.2 Å². The second-order valence-electron chi connectivity index (χ2n) is 4.52. The molecule has 1 aromatic carbocycles. The van der Waals surface area contributed by atoms with Gasteiger partial charge in [-0.1, -0.05) is 18.2 Å². The second-order valence-corrected chi connectivity index (χ2v) is 5.68. The molecule has 98 valence electrons. The van der Waals surface area contributed by atoms with E-state index in [2.05, 4.69) is 28.7 Å². The van der Waals surface area contributed by atoms with Crippen molar-refractivity contribution in [1.82, 2.24) is 0 Å². The summed E-state index contributed by atoms with van der Waals surface area (Å²) >= 11 is 2.29. The van der Waals surface area contributed by atoms with Crippen LogP contribution in [0, 0.1) is 9.49 Å². The van der Waals surface area contributed by atoms with E-state index in [1.54, 1.807) is 0 Å². The molecule has 3 N–H and O–H groups in total. The van der Waals surface area contributed by atoms with Gasteiger partial charge in [0.2, 0.25) is 0 Å². The molecule has 3 atom stereocenters. The number of carbonyl (C=O) groups excluding carboxylic acids is 1. The van der Waals surface area contributed by atoms with Crippen molar-refractivity contribution in [2.24, 2.45) is 11.7 Å². The van der Waals surface area contributed by atoms with Crippen LogP contribution in [0.1, 0.15) is 24.3 Å². The monoisotopic (exact) mass is 361 g/mol. The summed E-state index contributed by atoms with van der Waals surface area (Å²) < 4.78 is 6.20. The van der Waals surface area contributed by atoms with Gasteiger partial charge in [0.25, 0.3) is 0 Å². The fourth-order valence-electron chi connectivity index (χ4n) is 2.41. The van der Waals surface area contributed by atoms with E-state index in [1.165, 1.54) is 9.13 Å². The van der Waals surface area contributed by atoms with E-state index in [-0.39, 0.29) is 24.5 Å². The lowest BCUT2D eigenvalue weighted by molar-refractivity contribution is 0.140. The summed E-state index contributed by atoms with van der Waals surface area (Å²) in [5.41, 5.74) is 6.24. The minimum atomic E-state index is -0.715. The van der Waals surface area contributed by atoms with Gasteiger partial charge in [-0.3, -0.25) is 0 Å². The lowest BCUT2D eigenvalue weighted by atomic mass is 9.91. The molecule has 1 aliphatic rings. The minimum Gasteiger partial charge on any atom is -0.446 e. The SMILES string of the molecule is NC(=O)OC1C[C@H]1[C@H](CCO)c1ccccc1I. The standard InChI is InChI=1S/C13H16INO3/c14-11-4-2-1-3-9(11)8(5-6-16)10-7-12(10)18-13(15)17/h1-4,8,10,12,16H,5-7H2,(H2,15,17)/t8-,10+,12?/m1/s1. The van der Waals surface area contributed by atoms with Crippen molar-refractivity contribution in [2.75, 3.05) is 6.61 Å². The van der Waals surface area contributed by atoms with E-state index >= 15 is 0 Å². The molecule has 0 saturated heterocycles. The molecule has 1 fully saturated rings. The molecule has 1 saturated carbocycles. The Hall–Kier alpha value is -0.820. The number of benzene rings is 1. The number of aliphatic hydroxyl groups excluding tert-OH is 1. The Balaban J connectivity index is 2.11. The molecule has 1 unspecified atom stereocenters. The maximum Gasteiger partial charge on any atom is 0.404 e. The summed E-state index contributed by atoms with van der Waals surface area (Å²) in [4.78, 5) is 10.7. The zero-order valence-corrected chi connectivity index (χ0v) is 12.0. The molecule has 2 rings (SSSR count). The third kappa shape index (κ3) is 3.14. The number of ether oxygens (including phenoxy) is 1. The summed E-state index contributed by atoms with van der Waals surface area (Å²) in [6.45, 7) is 0.134. The lowest BCUT2D eigenvalue weighted by Crippen LogP contribution is -2.17. The highest BCUT2D eigenvalue weighted by Gasteiger charge is 2.46. The number of aliphatic hydroxyl groups is 1. The molecule has 1 aliphatic carbocycles. The van der Waals surface area contributed by atoms with E-state index in [4.69, 9.17) is 10.5 Å². The number of carbonyl (C=O) groups is 1. The largest absolute Gasteiger partial charge is 0.446 e. The van der Waals surface area contributed by atoms with Gasteiger partial charge in [-0.05, 0) is 53.0 Å². The van der Waals surface area contributed by atoms with Gasteiger partial charge in [0.05, 0.1) is 0 Å². The van der Waals surface area contributed by atoms with Gasteiger partial charge in [-0.25, -0.2) is 4.79 Å². The number of hydrogen-bond acceptors (Lipinski definition) is 3. The van der Waals surface area contributed by atoms with Gasteiger partial charge >= 0.3 is 6.09 Å². The number of hydrogen-bond donors (Lipinski definition) is 2. The van der Waals surface area contributed by atoms with Gasteiger partial charge in [0, 0.05) is 16.1 Å². The fraction of sp³-hybridized carbons (Fsp3) is 0.462. The molecule has 5 heteroatoms. The number of rotatable bonds is 5. The Labute approximate surface area is 120 Å². The lowest BCUT2D eigenvalue weighted by Gasteiger charge is -2.17. The van der Waals surface area contributed by atoms with Gasteiger partial charge in [-0.2, -0.15) is 0 Å². The quantitative estimate of drug-likeness (QED) is 0.791. The Morgan fingerprint density at radius 1 is 1.56 bits per heavy atom. The number of amides is 1. The highest BCUT2D eigenvalue weighted by molar-refractivity contribution is 14.1. The molecule has 0 radical (unpaired) electrons. The van der Waals surface area contributed by atoms with Crippen molar-refractivity contribution in [3.63, 3.8) is 0 Å². The Bertz CT molecular complexity index is 438. The van der Waals surface area contributed by atoms with Crippen LogP contribution in [0.2, 0.25) is 0 Å². The first kappa shape index (κ1) is 13.6. The number of primary amides is 1. The first-order chi connectivity index (χ1) is 8.63. The van der Waals surface area contributed by atoms with Crippen LogP contribution < -0.4 is 5.73 Å². The predicted octanol–water partition coefficient (Wildman–Crippen LogP) is 2.24. The molecular formula is C13H16INO3. The van der Waals surface area contributed by atoms with Crippen molar-refractivity contribution >= 4 is 28.7 Å². The average molecular weight is 361 g/mol. The first-order valence-corrected chi connectivity index (χ1v) is 7.02. The summed E-state index contributed by atoms with van der Waals surface area (Å²) in [6.07, 6.45) is 0.713. The minimum absolute atomic E-state index is 0.0879. The zero-order valence-electron chi connectivity index (χ0n) is 9.88. The Morgan fingerprint density at radius 3 is 2.89 bits per heavy atom. The summed E-state index contributed by atoms with van der Waals surface area (Å²) in [5, 5.41) is 9.20. The number of halogens is 1. The Kier molecular flexibility index (Phi) is 4.45. The molecule has 1 amide bonds. The van der Waals surface area contributed by atoms with Crippen LogP contribution in [-0.2, 0) is 4.74 Å². The van der Waals surface area contributed by atoms with Crippen LogP contribution in [0.3, 0.4) is 0 Å². The zero-order chi connectivity index (χ0) is 13.1. The molecule has 0 heterocycles. The molecule has 0 bridgehead atoms. The summed E-state index contributed by atoms with van der Waals surface area (Å²) in [5.74, 6) is 0.507. The molecule has 4 nitrogen and oxygen atoms in total. The van der Waals surface area contributed by atoms with Crippen LogP contribution in [0.5, 0.6) is 0 Å². The van der Waals surface area contributed by atoms with Crippen LogP contribution in [0.15, 0.2) is 24.3 Å². The average Bonchev–Trinajstić information content (AvgIpc) is 3.05. The van der Waals surface area contributed by atoms with Gasteiger partial charge < -0.3 is 15.6 Å². The smallest absolute Gasteiger partial charge is 0.404 e. The highest BCUT2D eigenvalue weighted by Crippen LogP contribution is 2.47. The Morgan fingerprint density at radius 2 is 2.28 bits per heavy atom. The van der Waals surface area contributed by atoms with Gasteiger partial charge in [-0.15, -0.1) is 0 Å². The van der Waals surface area contributed by atoms with Crippen LogP contribution >= 0.6 is 22.6 Å². The van der Waals surface area contributed by atoms with Gasteiger partial charge in [0.1, 0.15) is 6.10 Å². The van der Waals surface area contributed by atoms with Crippen molar-refractivity contribution in [2.45, 2.75) is 24.9 Å². The van der Waals surface area contributed by atoms with Crippen LogP contribution in [-0.4, -0.2) is 23.9 Å². The number of nitrogens with two attached hydrogens (primary N) is 1. The van der Waals surface area contributed by atoms with Crippen molar-refractivity contribution < 1.29 is 14.6 Å². The molecule has 1 aromatic rings. The van der Waals surface area contributed by atoms with E-state index < -0.39 is 6.09 Å². The molecule has 0 aliphatic heterocycles. The first-order valence-electron chi connectivity index (χ1n) is 5.95. The predicted molar refractivity (Wildman–Crippen MR) is 76.2 cm³/mol. The molecule has 18 heavy (non-hydrogen) atoms. The van der Waals surface area contributed by atoms with Crippen molar-refractivity contribution in [3.8, 4) is 0 Å². The molecule has 0 aromatic heterocycles. The van der Waals surface area contributed by atoms with Crippen LogP contribution in [0.4, 0.5) is 4.79 Å². The topological polar surface area (TPSA) is 72.6 Å². The fourth-order valence-corrected chi connectivity index (χ4v) is 3.20. The van der Waals surface area contributed by atoms with E-state index in [9.17, 15) is 9.90 Å². The maximum absolute atomic E-state index is 10.7. The molecule has 0 spiro atoms. The third-order valence-corrected chi connectivity index (χ3v) is 4.29. The van der Waals surface area contributed by atoms with Crippen molar-refractivity contribution in [1.29, 1.82) is 0 Å². The van der Waals surface area contributed by atoms with E-state index in [0.717, 1.165) is 6.42 Å². The second kappa shape index (κ2) is 5.88. The van der Waals surface area contributed by atoms with E-state index in [0.29, 0.717) is 6.42 Å².